The molecule has 1 aromatic carbocycles. The lowest BCUT2D eigenvalue weighted by Gasteiger charge is -2.26. The summed E-state index contributed by atoms with van der Waals surface area (Å²) < 4.78 is 31.8. The van der Waals surface area contributed by atoms with Crippen LogP contribution in [0.25, 0.3) is 0 Å². The van der Waals surface area contributed by atoms with Crippen LogP contribution in [0.2, 0.25) is 0 Å². The van der Waals surface area contributed by atoms with E-state index in [1.165, 1.54) is 39.9 Å². The van der Waals surface area contributed by atoms with E-state index in [0.717, 1.165) is 4.88 Å². The predicted octanol–water partition coefficient (Wildman–Crippen LogP) is 1.74. The van der Waals surface area contributed by atoms with Crippen molar-refractivity contribution in [1.29, 1.82) is 0 Å². The summed E-state index contributed by atoms with van der Waals surface area (Å²) in [6, 6.07) is 5.72. The SMILES string of the molecule is Cc1nc(NC(=O)c2ccc(S(=O)(=O)N3CCOCC3)cc2)sc1CCC(=O)O. The van der Waals surface area contributed by atoms with Crippen molar-refractivity contribution in [3.8, 4) is 0 Å². The molecule has 1 fully saturated rings. The maximum atomic E-state index is 12.6. The number of rotatable bonds is 7. The van der Waals surface area contributed by atoms with Gasteiger partial charge in [0, 0.05) is 23.5 Å². The first-order valence-electron chi connectivity index (χ1n) is 8.95. The normalized spacial score (nSPS) is 15.2. The van der Waals surface area contributed by atoms with Crippen LogP contribution in [0.3, 0.4) is 0 Å². The molecule has 29 heavy (non-hydrogen) atoms. The number of nitrogens with zero attached hydrogens (tertiary/aromatic N) is 2. The van der Waals surface area contributed by atoms with Crippen LogP contribution >= 0.6 is 11.3 Å². The van der Waals surface area contributed by atoms with Crippen molar-refractivity contribution < 1.29 is 27.9 Å². The van der Waals surface area contributed by atoms with Crippen LogP contribution in [0, 0.1) is 6.92 Å². The lowest BCUT2D eigenvalue weighted by molar-refractivity contribution is -0.136. The summed E-state index contributed by atoms with van der Waals surface area (Å²) in [5, 5.41) is 11.8. The highest BCUT2D eigenvalue weighted by Crippen LogP contribution is 2.25. The van der Waals surface area contributed by atoms with Crippen LogP contribution in [0.4, 0.5) is 5.13 Å². The van der Waals surface area contributed by atoms with E-state index in [-0.39, 0.29) is 11.3 Å². The Labute approximate surface area is 172 Å². The Balaban J connectivity index is 1.68. The first-order valence-corrected chi connectivity index (χ1v) is 11.2. The number of carboxylic acid groups (broad SMARTS) is 1. The zero-order chi connectivity index (χ0) is 21.0. The van der Waals surface area contributed by atoms with Crippen molar-refractivity contribution in [2.75, 3.05) is 31.6 Å². The Bertz CT molecular complexity index is 995. The molecule has 0 spiro atoms. The number of carbonyl (C=O) groups is 2. The van der Waals surface area contributed by atoms with E-state index in [2.05, 4.69) is 10.3 Å². The van der Waals surface area contributed by atoms with Crippen LogP contribution < -0.4 is 5.32 Å². The van der Waals surface area contributed by atoms with Crippen LogP contribution in [0.5, 0.6) is 0 Å². The fraction of sp³-hybridized carbons (Fsp3) is 0.389. The number of carbonyl (C=O) groups excluding carboxylic acids is 1. The molecule has 1 aromatic heterocycles. The van der Waals surface area contributed by atoms with Gasteiger partial charge in [-0.15, -0.1) is 11.3 Å². The van der Waals surface area contributed by atoms with Crippen molar-refractivity contribution in [2.24, 2.45) is 0 Å². The van der Waals surface area contributed by atoms with Gasteiger partial charge in [-0.2, -0.15) is 4.31 Å². The number of thiazole rings is 1. The van der Waals surface area contributed by atoms with Gasteiger partial charge in [0.05, 0.1) is 30.2 Å². The number of morpholine rings is 1. The van der Waals surface area contributed by atoms with E-state index in [4.69, 9.17) is 9.84 Å². The number of benzene rings is 1. The summed E-state index contributed by atoms with van der Waals surface area (Å²) >= 11 is 1.23. The van der Waals surface area contributed by atoms with Gasteiger partial charge in [-0.3, -0.25) is 14.9 Å². The summed E-state index contributed by atoms with van der Waals surface area (Å²) in [5.41, 5.74) is 0.976. The number of nitrogens with one attached hydrogen (secondary N) is 1. The number of hydrogen-bond donors (Lipinski definition) is 2. The van der Waals surface area contributed by atoms with Gasteiger partial charge in [0.2, 0.25) is 10.0 Å². The largest absolute Gasteiger partial charge is 0.481 e. The van der Waals surface area contributed by atoms with Crippen molar-refractivity contribution in [1.82, 2.24) is 9.29 Å². The number of ether oxygens (including phenoxy) is 1. The monoisotopic (exact) mass is 439 g/mol. The molecule has 0 atom stereocenters. The summed E-state index contributed by atoms with van der Waals surface area (Å²) in [5.74, 6) is -1.31. The zero-order valence-corrected chi connectivity index (χ0v) is 17.4. The number of aromatic nitrogens is 1. The lowest BCUT2D eigenvalue weighted by Crippen LogP contribution is -2.40. The highest BCUT2D eigenvalue weighted by Gasteiger charge is 2.26. The third-order valence-electron chi connectivity index (χ3n) is 4.40. The maximum Gasteiger partial charge on any atom is 0.303 e. The molecule has 0 saturated carbocycles. The van der Waals surface area contributed by atoms with Crippen molar-refractivity contribution >= 4 is 38.4 Å². The Kier molecular flexibility index (Phi) is 6.63. The number of sulfonamides is 1. The highest BCUT2D eigenvalue weighted by atomic mass is 32.2. The molecule has 0 bridgehead atoms. The molecule has 0 radical (unpaired) electrons. The second kappa shape index (κ2) is 8.99. The van der Waals surface area contributed by atoms with Crippen LogP contribution in [0.15, 0.2) is 29.2 Å². The van der Waals surface area contributed by atoms with E-state index in [9.17, 15) is 18.0 Å². The fourth-order valence-corrected chi connectivity index (χ4v) is 5.18. The average molecular weight is 440 g/mol. The molecule has 9 nitrogen and oxygen atoms in total. The van der Waals surface area contributed by atoms with Crippen LogP contribution in [0.1, 0.15) is 27.3 Å². The van der Waals surface area contributed by atoms with Gasteiger partial charge in [-0.1, -0.05) is 0 Å². The number of amides is 1. The van der Waals surface area contributed by atoms with Crippen molar-refractivity contribution in [3.05, 3.63) is 40.4 Å². The van der Waals surface area contributed by atoms with Gasteiger partial charge >= 0.3 is 5.97 Å². The fourth-order valence-electron chi connectivity index (χ4n) is 2.82. The number of aliphatic carboxylic acids is 1. The van der Waals surface area contributed by atoms with E-state index in [1.807, 2.05) is 0 Å². The zero-order valence-electron chi connectivity index (χ0n) is 15.8. The highest BCUT2D eigenvalue weighted by molar-refractivity contribution is 7.89. The quantitative estimate of drug-likeness (QED) is 0.673. The number of aryl methyl sites for hydroxylation is 2. The molecule has 2 heterocycles. The third kappa shape index (κ3) is 5.18. The van der Waals surface area contributed by atoms with Gasteiger partial charge < -0.3 is 9.84 Å². The molecule has 1 amide bonds. The first-order chi connectivity index (χ1) is 13.8. The van der Waals surface area contributed by atoms with Crippen molar-refractivity contribution in [2.45, 2.75) is 24.7 Å². The number of carboxylic acids is 1. The maximum absolute atomic E-state index is 12.6. The van der Waals surface area contributed by atoms with Gasteiger partial charge in [0.1, 0.15) is 0 Å². The summed E-state index contributed by atoms with van der Waals surface area (Å²) in [6.07, 6.45) is 0.346. The molecule has 156 valence electrons. The van der Waals surface area contributed by atoms with Gasteiger partial charge in [0.15, 0.2) is 5.13 Å². The predicted molar refractivity (Wildman–Crippen MR) is 107 cm³/mol. The van der Waals surface area contributed by atoms with Crippen LogP contribution in [-0.4, -0.2) is 61.0 Å². The van der Waals surface area contributed by atoms with E-state index in [0.29, 0.717) is 49.1 Å². The van der Waals surface area contributed by atoms with E-state index in [1.54, 1.807) is 6.92 Å². The Morgan fingerprint density at radius 2 is 1.90 bits per heavy atom. The Hall–Kier alpha value is -2.34. The number of anilines is 1. The third-order valence-corrected chi connectivity index (χ3v) is 7.45. The topological polar surface area (TPSA) is 126 Å². The minimum atomic E-state index is -3.62. The molecular formula is C18H21N3O6S2. The average Bonchev–Trinajstić information content (AvgIpc) is 3.06. The summed E-state index contributed by atoms with van der Waals surface area (Å²) in [7, 11) is -3.62. The standard InChI is InChI=1S/C18H21N3O6S2/c1-12-15(6-7-16(22)23)28-18(19-12)20-17(24)13-2-4-14(5-3-13)29(25,26)21-8-10-27-11-9-21/h2-5H,6-11H2,1H3,(H,22,23)(H,19,20,24). The molecule has 1 aliphatic heterocycles. The molecule has 1 saturated heterocycles. The van der Waals surface area contributed by atoms with Gasteiger partial charge in [0.25, 0.3) is 5.91 Å². The smallest absolute Gasteiger partial charge is 0.303 e. The minimum Gasteiger partial charge on any atom is -0.481 e. The molecule has 3 rings (SSSR count). The molecule has 11 heteroatoms. The molecule has 2 aromatic rings. The van der Waals surface area contributed by atoms with Gasteiger partial charge in [-0.25, -0.2) is 13.4 Å². The summed E-state index contributed by atoms with van der Waals surface area (Å²) in [6.45, 7) is 3.09. The van der Waals surface area contributed by atoms with Crippen LogP contribution in [-0.2, 0) is 26.0 Å². The second-order valence-electron chi connectivity index (χ2n) is 6.42. The van der Waals surface area contributed by atoms with Crippen molar-refractivity contribution in [3.63, 3.8) is 0 Å². The Morgan fingerprint density at radius 3 is 2.52 bits per heavy atom. The molecule has 0 unspecified atom stereocenters. The minimum absolute atomic E-state index is 0.00447. The lowest BCUT2D eigenvalue weighted by atomic mass is 10.2. The molecule has 0 aliphatic carbocycles. The molecular weight excluding hydrogens is 418 g/mol. The van der Waals surface area contributed by atoms with E-state index >= 15 is 0 Å². The molecule has 2 N–H and O–H groups in total. The number of hydrogen-bond acceptors (Lipinski definition) is 7. The molecule has 1 aliphatic rings. The first kappa shape index (κ1) is 21.4. The van der Waals surface area contributed by atoms with E-state index < -0.39 is 21.9 Å². The Morgan fingerprint density at radius 1 is 1.24 bits per heavy atom. The summed E-state index contributed by atoms with van der Waals surface area (Å²) in [4.78, 5) is 28.3. The second-order valence-corrected chi connectivity index (χ2v) is 9.44. The van der Waals surface area contributed by atoms with Gasteiger partial charge in [-0.05, 0) is 37.6 Å².